The van der Waals surface area contributed by atoms with Gasteiger partial charge in [0.1, 0.15) is 30.3 Å². The van der Waals surface area contributed by atoms with Crippen molar-refractivity contribution >= 4 is 36.4 Å². The van der Waals surface area contributed by atoms with E-state index in [-0.39, 0.29) is 24.6 Å². The maximum Gasteiger partial charge on any atom is 0.477 e. The number of carbonyl (C=O) groups is 1. The van der Waals surface area contributed by atoms with Crippen molar-refractivity contribution in [3.8, 4) is 5.75 Å². The van der Waals surface area contributed by atoms with Crippen molar-refractivity contribution in [3.05, 3.63) is 89.0 Å². The molecule has 19 heteroatoms. The third-order valence-electron chi connectivity index (χ3n) is 5.92. The predicted molar refractivity (Wildman–Crippen MR) is 157 cm³/mol. The van der Waals surface area contributed by atoms with Crippen molar-refractivity contribution in [1.29, 1.82) is 0 Å². The van der Waals surface area contributed by atoms with Crippen LogP contribution in [0.4, 0.5) is 5.82 Å². The number of hydrogen-bond donors (Lipinski definition) is 4. The molecule has 16 nitrogen and oxygen atoms in total. The van der Waals surface area contributed by atoms with E-state index >= 15 is 0 Å². The van der Waals surface area contributed by atoms with Crippen molar-refractivity contribution in [2.45, 2.75) is 44.4 Å². The number of aliphatic hydroxyl groups is 1. The summed E-state index contributed by atoms with van der Waals surface area (Å²) >= 11 is 0. The van der Waals surface area contributed by atoms with Crippen LogP contribution in [0.3, 0.4) is 0 Å². The van der Waals surface area contributed by atoms with Crippen LogP contribution in [-0.2, 0) is 43.2 Å². The van der Waals surface area contributed by atoms with Gasteiger partial charge in [0, 0.05) is 12.6 Å². The summed E-state index contributed by atoms with van der Waals surface area (Å²) < 4.78 is 58.4. The number of aliphatic hydroxyl groups excluding tert-OH is 1. The summed E-state index contributed by atoms with van der Waals surface area (Å²) in [6.07, 6.45) is -1.91. The average molecular weight is 672 g/mol. The van der Waals surface area contributed by atoms with E-state index in [9.17, 15) is 28.7 Å². The number of nitrogens with two attached hydrogens (primary N) is 1. The third-order valence-corrected chi connectivity index (χ3v) is 10.0. The molecule has 2 aromatic carbocycles. The van der Waals surface area contributed by atoms with Crippen molar-refractivity contribution < 1.29 is 51.1 Å². The van der Waals surface area contributed by atoms with E-state index in [0.29, 0.717) is 0 Å². The molecule has 1 aromatic heterocycles. The average Bonchev–Trinajstić information content (AvgIpc) is 3.35. The first-order chi connectivity index (χ1) is 20.9. The molecule has 0 saturated carbocycles. The van der Waals surface area contributed by atoms with E-state index in [0.717, 1.165) is 10.1 Å². The molecule has 0 amide bonds. The summed E-state index contributed by atoms with van der Waals surface area (Å²) in [7, 11) is -10.5. The highest BCUT2D eigenvalue weighted by Gasteiger charge is 2.38. The van der Waals surface area contributed by atoms with Crippen LogP contribution in [0.2, 0.25) is 0 Å². The number of phosphoric acid groups is 1. The first-order valence-corrected chi connectivity index (χ1v) is 16.9. The number of aromatic nitrogens is 2. The van der Waals surface area contributed by atoms with Gasteiger partial charge in [0.25, 0.3) is 0 Å². The number of esters is 1. The first-order valence-electron chi connectivity index (χ1n) is 13.0. The number of benzene rings is 2. The van der Waals surface area contributed by atoms with Crippen LogP contribution in [0.15, 0.2) is 77.7 Å². The highest BCUT2D eigenvalue weighted by Crippen LogP contribution is 2.57. The number of nitrogens with one attached hydrogen (secondary N) is 1. The second kappa shape index (κ2) is 15.3. The predicted octanol–water partition coefficient (Wildman–Crippen LogP) is 3.04. The Hall–Kier alpha value is -3.00. The standard InChI is InChI=1S/C25H31N4O12P3/c1-17(24(31)36-15-18-8-4-2-5-9-18)28-43(33,39-19-10-6-3-7-11-19)40-42-41-44(34,35)37-16-20-14-21(30)23(38-20)29-13-12-22(26)27-25(29)32/h2-13,17,20-21,23,30,42H,14-16H2,1H3,(H,28,33)(H,34,35)(H2,26,27,32)/t17-,20-,21-,23+,43?/m0/s1. The molecule has 3 unspecified atom stereocenters. The topological polar surface area (TPSA) is 220 Å². The number of nitrogen functional groups attached to an aromatic ring is 1. The van der Waals surface area contributed by atoms with E-state index in [1.165, 1.54) is 31.3 Å². The SMILES string of the molecule is C[C@H](NP(=O)(OPOP(=O)(O)OC[C@@H]1C[C@H](O)[C@H](n2ccc(N)nc2=O)O1)Oc1ccccc1)C(=O)OCc1ccccc1. The summed E-state index contributed by atoms with van der Waals surface area (Å²) in [5, 5.41) is 12.8. The number of hydrogen-bond acceptors (Lipinski definition) is 13. The van der Waals surface area contributed by atoms with E-state index in [1.807, 2.05) is 6.07 Å². The molecule has 44 heavy (non-hydrogen) atoms. The molecule has 238 valence electrons. The zero-order valence-corrected chi connectivity index (χ0v) is 26.0. The lowest BCUT2D eigenvalue weighted by Crippen LogP contribution is -2.34. The van der Waals surface area contributed by atoms with Gasteiger partial charge in [0.2, 0.25) is 0 Å². The molecule has 2 heterocycles. The Bertz CT molecular complexity index is 1550. The maximum absolute atomic E-state index is 13.5. The lowest BCUT2D eigenvalue weighted by Gasteiger charge is -2.23. The largest absolute Gasteiger partial charge is 0.477 e. The lowest BCUT2D eigenvalue weighted by atomic mass is 10.2. The molecule has 0 bridgehead atoms. The van der Waals surface area contributed by atoms with Crippen molar-refractivity contribution in [1.82, 2.24) is 14.6 Å². The number of rotatable bonds is 15. The molecule has 0 spiro atoms. The van der Waals surface area contributed by atoms with E-state index in [2.05, 4.69) is 10.1 Å². The Balaban J connectivity index is 1.31. The second-order valence-electron chi connectivity index (χ2n) is 9.37. The van der Waals surface area contributed by atoms with E-state index in [1.54, 1.807) is 42.5 Å². The molecule has 4 rings (SSSR count). The Labute approximate surface area is 253 Å². The van der Waals surface area contributed by atoms with Crippen molar-refractivity contribution in [2.24, 2.45) is 0 Å². The summed E-state index contributed by atoms with van der Waals surface area (Å²) in [4.78, 5) is 38.3. The number of phosphoric ester groups is 1. The Kier molecular flexibility index (Phi) is 11.8. The lowest BCUT2D eigenvalue weighted by molar-refractivity contribution is -0.146. The highest BCUT2D eigenvalue weighted by atomic mass is 31.3. The minimum absolute atomic E-state index is 0.00796. The van der Waals surface area contributed by atoms with Crippen molar-refractivity contribution in [3.63, 3.8) is 0 Å². The Morgan fingerprint density at radius 2 is 1.84 bits per heavy atom. The molecule has 1 aliphatic heterocycles. The fourth-order valence-corrected chi connectivity index (χ4v) is 7.02. The first kappa shape index (κ1) is 33.9. The summed E-state index contributed by atoms with van der Waals surface area (Å²) in [6.45, 7) is 0.839. The summed E-state index contributed by atoms with van der Waals surface area (Å²) in [6, 6.07) is 17.0. The van der Waals surface area contributed by atoms with Crippen LogP contribution < -0.4 is 21.0 Å². The number of carbonyl (C=O) groups excluding carboxylic acids is 1. The molecule has 1 fully saturated rings. The van der Waals surface area contributed by atoms with E-state index in [4.69, 9.17) is 32.9 Å². The fraction of sp³-hybridized carbons (Fsp3) is 0.320. The monoisotopic (exact) mass is 672 g/mol. The number of para-hydroxylation sites is 1. The van der Waals surface area contributed by atoms with Gasteiger partial charge < -0.3 is 29.7 Å². The maximum atomic E-state index is 13.5. The van der Waals surface area contributed by atoms with Crippen LogP contribution >= 0.6 is 24.6 Å². The molecule has 5 N–H and O–H groups in total. The van der Waals surface area contributed by atoms with Gasteiger partial charge in [0.05, 0.1) is 12.7 Å². The molecule has 1 saturated heterocycles. The van der Waals surface area contributed by atoms with Crippen LogP contribution in [-0.4, -0.2) is 50.4 Å². The number of nitrogens with zero attached hydrogens (tertiary/aromatic N) is 2. The van der Waals surface area contributed by atoms with E-state index < -0.39 is 67.3 Å². The van der Waals surface area contributed by atoms with Gasteiger partial charge in [-0.2, -0.15) is 10.1 Å². The highest BCUT2D eigenvalue weighted by molar-refractivity contribution is 7.61. The zero-order chi connectivity index (χ0) is 31.7. The quantitative estimate of drug-likeness (QED) is 0.135. The Morgan fingerprint density at radius 1 is 1.16 bits per heavy atom. The van der Waals surface area contributed by atoms with Crippen LogP contribution in [0, 0.1) is 0 Å². The third kappa shape index (κ3) is 10.0. The minimum Gasteiger partial charge on any atom is -0.460 e. The molecule has 7 atom stereocenters. The van der Waals surface area contributed by atoms with Crippen LogP contribution in [0.1, 0.15) is 25.1 Å². The van der Waals surface area contributed by atoms with Gasteiger partial charge in [-0.1, -0.05) is 48.5 Å². The number of anilines is 1. The molecule has 0 radical (unpaired) electrons. The summed E-state index contributed by atoms with van der Waals surface area (Å²) in [5.74, 6) is -0.654. The normalized spacial score (nSPS) is 21.8. The van der Waals surface area contributed by atoms with Gasteiger partial charge >= 0.3 is 27.2 Å². The van der Waals surface area contributed by atoms with Crippen LogP contribution in [0.25, 0.3) is 0 Å². The second-order valence-corrected chi connectivity index (χ2v) is 13.6. The van der Waals surface area contributed by atoms with Gasteiger partial charge in [-0.05, 0) is 30.7 Å². The minimum atomic E-state index is -4.81. The molecular formula is C25H31N4O12P3. The molecular weight excluding hydrogens is 641 g/mol. The molecule has 1 aliphatic rings. The summed E-state index contributed by atoms with van der Waals surface area (Å²) in [5.41, 5.74) is 5.47. The van der Waals surface area contributed by atoms with Crippen molar-refractivity contribution in [2.75, 3.05) is 12.3 Å². The molecule has 0 aliphatic carbocycles. The fourth-order valence-electron chi connectivity index (χ4n) is 3.86. The van der Waals surface area contributed by atoms with Gasteiger partial charge in [-0.25, -0.2) is 22.5 Å². The number of ether oxygens (including phenoxy) is 2. The smallest absolute Gasteiger partial charge is 0.460 e. The van der Waals surface area contributed by atoms with Crippen LogP contribution in [0.5, 0.6) is 5.75 Å². The van der Waals surface area contributed by atoms with Gasteiger partial charge in [-0.15, -0.1) is 0 Å². The molecule has 3 aromatic rings. The zero-order valence-electron chi connectivity index (χ0n) is 23.2. The Morgan fingerprint density at radius 3 is 2.52 bits per heavy atom. The van der Waals surface area contributed by atoms with Gasteiger partial charge in [-0.3, -0.25) is 13.9 Å². The van der Waals surface area contributed by atoms with Gasteiger partial charge in [0.15, 0.2) is 15.3 Å².